The van der Waals surface area contributed by atoms with E-state index in [0.717, 1.165) is 5.56 Å². The Balaban J connectivity index is 1.71. The molecule has 0 bridgehead atoms. The largest absolute Gasteiger partial charge is 0.403 e. The summed E-state index contributed by atoms with van der Waals surface area (Å²) in [5.41, 5.74) is 1.25. The lowest BCUT2D eigenvalue weighted by atomic mass is 10.2. The van der Waals surface area contributed by atoms with Crippen molar-refractivity contribution in [2.24, 2.45) is 0 Å². The number of nitrogens with zero attached hydrogens (tertiary/aromatic N) is 3. The van der Waals surface area contributed by atoms with Gasteiger partial charge in [-0.3, -0.25) is 10.1 Å². The molecular weight excluding hydrogens is 303 g/mol. The summed E-state index contributed by atoms with van der Waals surface area (Å²) >= 11 is 0. The SMILES string of the molecule is O=[N+]([O-])c1cccc(-c2nnc(NCc3ccc(F)cc3)o2)c1. The molecule has 0 atom stereocenters. The van der Waals surface area contributed by atoms with Crippen molar-refractivity contribution in [1.29, 1.82) is 0 Å². The van der Waals surface area contributed by atoms with E-state index in [4.69, 9.17) is 4.42 Å². The van der Waals surface area contributed by atoms with E-state index in [1.165, 1.54) is 24.3 Å². The molecule has 8 heteroatoms. The summed E-state index contributed by atoms with van der Waals surface area (Å²) in [5.74, 6) is -0.130. The molecule has 7 nitrogen and oxygen atoms in total. The predicted octanol–water partition coefficient (Wildman–Crippen LogP) is 3.40. The van der Waals surface area contributed by atoms with Gasteiger partial charge in [0.15, 0.2) is 0 Å². The lowest BCUT2D eigenvalue weighted by Crippen LogP contribution is -1.99. The van der Waals surface area contributed by atoms with Crippen LogP contribution in [0.1, 0.15) is 5.56 Å². The number of nitro benzene ring substituents is 1. The second-order valence-electron chi connectivity index (χ2n) is 4.70. The van der Waals surface area contributed by atoms with Gasteiger partial charge in [-0.1, -0.05) is 23.3 Å². The molecule has 0 aliphatic carbocycles. The maximum atomic E-state index is 12.8. The number of nitro groups is 1. The number of aromatic nitrogens is 2. The average molecular weight is 314 g/mol. The van der Waals surface area contributed by atoms with Gasteiger partial charge in [-0.15, -0.1) is 5.10 Å². The van der Waals surface area contributed by atoms with Crippen LogP contribution in [0.3, 0.4) is 0 Å². The van der Waals surface area contributed by atoms with Crippen LogP contribution in [0.25, 0.3) is 11.5 Å². The van der Waals surface area contributed by atoms with Crippen LogP contribution < -0.4 is 5.32 Å². The molecule has 0 fully saturated rings. The number of non-ortho nitro benzene ring substituents is 1. The highest BCUT2D eigenvalue weighted by Crippen LogP contribution is 2.24. The lowest BCUT2D eigenvalue weighted by Gasteiger charge is -2.01. The lowest BCUT2D eigenvalue weighted by molar-refractivity contribution is -0.384. The highest BCUT2D eigenvalue weighted by atomic mass is 19.1. The molecule has 0 aliphatic rings. The molecule has 1 heterocycles. The van der Waals surface area contributed by atoms with Crippen molar-refractivity contribution >= 4 is 11.7 Å². The molecule has 0 radical (unpaired) electrons. The van der Waals surface area contributed by atoms with E-state index in [-0.39, 0.29) is 23.4 Å². The van der Waals surface area contributed by atoms with Crippen molar-refractivity contribution in [2.45, 2.75) is 6.54 Å². The first-order chi connectivity index (χ1) is 11.1. The molecule has 1 N–H and O–H groups in total. The number of halogens is 1. The molecule has 0 saturated carbocycles. The summed E-state index contributed by atoms with van der Waals surface area (Å²) in [5, 5.41) is 21.4. The molecule has 3 rings (SSSR count). The van der Waals surface area contributed by atoms with Crippen LogP contribution in [0.4, 0.5) is 16.1 Å². The van der Waals surface area contributed by atoms with Gasteiger partial charge < -0.3 is 9.73 Å². The molecule has 116 valence electrons. The molecule has 1 aromatic heterocycles. The summed E-state index contributed by atoms with van der Waals surface area (Å²) in [6.45, 7) is 0.386. The Morgan fingerprint density at radius 2 is 1.96 bits per heavy atom. The topological polar surface area (TPSA) is 94.1 Å². The van der Waals surface area contributed by atoms with E-state index >= 15 is 0 Å². The van der Waals surface area contributed by atoms with Crippen LogP contribution in [-0.2, 0) is 6.54 Å². The standard InChI is InChI=1S/C15H11FN4O3/c16-12-6-4-10(5-7-12)9-17-15-19-18-14(23-15)11-2-1-3-13(8-11)20(21)22/h1-8H,9H2,(H,17,19). The van der Waals surface area contributed by atoms with Crippen molar-refractivity contribution in [2.75, 3.05) is 5.32 Å². The number of rotatable bonds is 5. The minimum Gasteiger partial charge on any atom is -0.403 e. The highest BCUT2D eigenvalue weighted by molar-refractivity contribution is 5.57. The number of benzene rings is 2. The molecule has 23 heavy (non-hydrogen) atoms. The van der Waals surface area contributed by atoms with E-state index < -0.39 is 4.92 Å². The smallest absolute Gasteiger partial charge is 0.316 e. The van der Waals surface area contributed by atoms with Gasteiger partial charge in [0, 0.05) is 24.2 Å². The Morgan fingerprint density at radius 1 is 1.17 bits per heavy atom. The molecule has 0 amide bonds. The maximum Gasteiger partial charge on any atom is 0.316 e. The van der Waals surface area contributed by atoms with Gasteiger partial charge in [0.25, 0.3) is 5.69 Å². The van der Waals surface area contributed by atoms with Crippen LogP contribution >= 0.6 is 0 Å². The summed E-state index contributed by atoms with van der Waals surface area (Å²) in [7, 11) is 0. The van der Waals surface area contributed by atoms with E-state index in [0.29, 0.717) is 12.1 Å². The normalized spacial score (nSPS) is 10.5. The fourth-order valence-electron chi connectivity index (χ4n) is 1.94. The zero-order valence-electron chi connectivity index (χ0n) is 11.8. The fourth-order valence-corrected chi connectivity index (χ4v) is 1.94. The fraction of sp³-hybridized carbons (Fsp3) is 0.0667. The quantitative estimate of drug-likeness (QED) is 0.573. The molecule has 0 aliphatic heterocycles. The molecular formula is C15H11FN4O3. The van der Waals surface area contributed by atoms with E-state index in [1.54, 1.807) is 24.3 Å². The minimum atomic E-state index is -0.492. The highest BCUT2D eigenvalue weighted by Gasteiger charge is 2.12. The van der Waals surface area contributed by atoms with E-state index in [9.17, 15) is 14.5 Å². The molecule has 0 spiro atoms. The summed E-state index contributed by atoms with van der Waals surface area (Å²) in [4.78, 5) is 10.3. The minimum absolute atomic E-state index is 0.0541. The van der Waals surface area contributed by atoms with E-state index in [1.807, 2.05) is 0 Å². The van der Waals surface area contributed by atoms with Crippen molar-refractivity contribution in [3.8, 4) is 11.5 Å². The van der Waals surface area contributed by atoms with Gasteiger partial charge in [0.1, 0.15) is 5.82 Å². The van der Waals surface area contributed by atoms with Crippen LogP contribution in [0, 0.1) is 15.9 Å². The Kier molecular flexibility index (Phi) is 3.96. The summed E-state index contributed by atoms with van der Waals surface area (Å²) in [6, 6.07) is 12.1. The van der Waals surface area contributed by atoms with Crippen molar-refractivity contribution in [3.05, 3.63) is 70.0 Å². The van der Waals surface area contributed by atoms with Crippen LogP contribution in [-0.4, -0.2) is 15.1 Å². The van der Waals surface area contributed by atoms with Gasteiger partial charge in [-0.05, 0) is 23.8 Å². The third-order valence-corrected chi connectivity index (χ3v) is 3.09. The van der Waals surface area contributed by atoms with Crippen LogP contribution in [0.5, 0.6) is 0 Å². The van der Waals surface area contributed by atoms with Crippen molar-refractivity contribution in [3.63, 3.8) is 0 Å². The maximum absolute atomic E-state index is 12.8. The van der Waals surface area contributed by atoms with E-state index in [2.05, 4.69) is 15.5 Å². The summed E-state index contributed by atoms with van der Waals surface area (Å²) < 4.78 is 18.2. The molecule has 2 aromatic carbocycles. The Hall–Kier alpha value is -3.29. The Morgan fingerprint density at radius 3 is 2.70 bits per heavy atom. The zero-order chi connectivity index (χ0) is 16.2. The van der Waals surface area contributed by atoms with Gasteiger partial charge >= 0.3 is 6.01 Å². The first-order valence-corrected chi connectivity index (χ1v) is 6.68. The average Bonchev–Trinajstić information content (AvgIpc) is 3.03. The van der Waals surface area contributed by atoms with Crippen LogP contribution in [0.2, 0.25) is 0 Å². The number of hydrogen-bond donors (Lipinski definition) is 1. The molecule has 0 saturated heterocycles. The summed E-state index contributed by atoms with van der Waals surface area (Å²) in [6.07, 6.45) is 0. The molecule has 3 aromatic rings. The van der Waals surface area contributed by atoms with Gasteiger partial charge in [-0.25, -0.2) is 4.39 Å². The third kappa shape index (κ3) is 3.49. The number of hydrogen-bond acceptors (Lipinski definition) is 6. The Labute approximate surface area is 129 Å². The molecule has 0 unspecified atom stereocenters. The monoisotopic (exact) mass is 314 g/mol. The predicted molar refractivity (Wildman–Crippen MR) is 80.1 cm³/mol. The second kappa shape index (κ2) is 6.22. The third-order valence-electron chi connectivity index (χ3n) is 3.09. The van der Waals surface area contributed by atoms with Gasteiger partial charge in [-0.2, -0.15) is 0 Å². The van der Waals surface area contributed by atoms with Gasteiger partial charge in [0.2, 0.25) is 5.89 Å². The Bertz CT molecular complexity index is 833. The first kappa shape index (κ1) is 14.6. The first-order valence-electron chi connectivity index (χ1n) is 6.68. The second-order valence-corrected chi connectivity index (χ2v) is 4.70. The number of anilines is 1. The number of nitrogens with one attached hydrogen (secondary N) is 1. The zero-order valence-corrected chi connectivity index (χ0v) is 11.8. The van der Waals surface area contributed by atoms with Crippen molar-refractivity contribution < 1.29 is 13.7 Å². The van der Waals surface area contributed by atoms with Crippen LogP contribution in [0.15, 0.2) is 52.9 Å². The van der Waals surface area contributed by atoms with Gasteiger partial charge in [0.05, 0.1) is 4.92 Å². The van der Waals surface area contributed by atoms with Crippen molar-refractivity contribution in [1.82, 2.24) is 10.2 Å².